The minimum Gasteiger partial charge on any atom is -0.493 e. The summed E-state index contributed by atoms with van der Waals surface area (Å²) in [6, 6.07) is 16.2. The van der Waals surface area contributed by atoms with Crippen LogP contribution in [-0.4, -0.2) is 176 Å². The standard InChI is InChI=1S/C58H84N3O14/c1-38(2)59(3,26-28-74-54(62)20-24-60(4)22-18-40-34-48(65-7)50(67-9)36-43(40)45(60)30-39-31-52(69-11)57(72-14)53(32-39)70-12)27-29-75-55(63)21-25-61(5)23-19-41-35-49(66-8)51(68-10)37-44(41)46(61)33-42-16-17-47(64-6)58(73-15)56(42)71-13/h16-17,31-32,34-38,45-46H,18-30,33H2,1-15H3/q+3. The fourth-order valence-corrected chi connectivity index (χ4v) is 11.1. The van der Waals surface area contributed by atoms with Crippen LogP contribution in [0.25, 0.3) is 0 Å². The predicted octanol–water partition coefficient (Wildman–Crippen LogP) is 7.77. The Balaban J connectivity index is 1.08. The van der Waals surface area contributed by atoms with Crippen molar-refractivity contribution in [1.29, 1.82) is 0 Å². The lowest BCUT2D eigenvalue weighted by Crippen LogP contribution is -2.54. The summed E-state index contributed by atoms with van der Waals surface area (Å²) >= 11 is 0. The van der Waals surface area contributed by atoms with Gasteiger partial charge in [0.2, 0.25) is 11.5 Å². The van der Waals surface area contributed by atoms with Crippen LogP contribution in [0.4, 0.5) is 0 Å². The number of fused-ring (bicyclic) bond motifs is 2. The zero-order valence-corrected chi connectivity index (χ0v) is 47.3. The first-order valence-corrected chi connectivity index (χ1v) is 25.8. The van der Waals surface area contributed by atoms with E-state index in [0.717, 1.165) is 48.2 Å². The van der Waals surface area contributed by atoms with Crippen molar-refractivity contribution in [1.82, 2.24) is 0 Å². The molecule has 17 heteroatoms. The molecular weight excluding hydrogens is 963 g/mol. The van der Waals surface area contributed by atoms with Crippen molar-refractivity contribution >= 4 is 11.9 Å². The Morgan fingerprint density at radius 2 is 0.933 bits per heavy atom. The van der Waals surface area contributed by atoms with E-state index in [4.69, 9.17) is 56.8 Å². The number of esters is 2. The number of rotatable bonds is 27. The molecule has 4 aromatic rings. The molecule has 0 aromatic heterocycles. The highest BCUT2D eigenvalue weighted by Crippen LogP contribution is 2.48. The van der Waals surface area contributed by atoms with Crippen LogP contribution in [-0.2, 0) is 44.7 Å². The second-order valence-corrected chi connectivity index (χ2v) is 20.6. The molecule has 0 spiro atoms. The number of hydrogen-bond donors (Lipinski definition) is 0. The lowest BCUT2D eigenvalue weighted by Gasteiger charge is -2.46. The number of quaternary nitrogens is 3. The molecule has 0 aliphatic carbocycles. The number of methoxy groups -OCH3 is 10. The monoisotopic (exact) mass is 1050 g/mol. The van der Waals surface area contributed by atoms with Crippen molar-refractivity contribution in [2.45, 2.75) is 70.5 Å². The van der Waals surface area contributed by atoms with Gasteiger partial charge in [-0.05, 0) is 73.0 Å². The van der Waals surface area contributed by atoms with Gasteiger partial charge in [-0.3, -0.25) is 9.59 Å². The molecule has 17 nitrogen and oxygen atoms in total. The third-order valence-electron chi connectivity index (χ3n) is 16.3. The Morgan fingerprint density at radius 1 is 0.520 bits per heavy atom. The van der Waals surface area contributed by atoms with Crippen LogP contribution in [0, 0.1) is 0 Å². The van der Waals surface area contributed by atoms with Crippen LogP contribution in [0.5, 0.6) is 57.5 Å². The second kappa shape index (κ2) is 25.5. The molecule has 4 aromatic carbocycles. The van der Waals surface area contributed by atoms with Crippen molar-refractivity contribution < 1.29 is 79.9 Å². The molecule has 6 rings (SSSR count). The molecule has 0 saturated carbocycles. The topological polar surface area (TPSA) is 145 Å². The van der Waals surface area contributed by atoms with E-state index in [0.29, 0.717) is 110 Å². The summed E-state index contributed by atoms with van der Waals surface area (Å²) in [6.45, 7) is 8.59. The van der Waals surface area contributed by atoms with Crippen LogP contribution in [0.1, 0.15) is 72.2 Å². The minimum atomic E-state index is -0.255. The average molecular weight is 1050 g/mol. The zero-order chi connectivity index (χ0) is 54.7. The molecule has 0 radical (unpaired) electrons. The van der Waals surface area contributed by atoms with Crippen molar-refractivity contribution in [3.8, 4) is 57.5 Å². The van der Waals surface area contributed by atoms with Gasteiger partial charge in [0.1, 0.15) is 38.4 Å². The molecule has 2 aliphatic heterocycles. The van der Waals surface area contributed by atoms with Crippen molar-refractivity contribution in [2.75, 3.05) is 145 Å². The molecule has 2 aliphatic rings. The van der Waals surface area contributed by atoms with Crippen molar-refractivity contribution in [3.05, 3.63) is 81.9 Å². The van der Waals surface area contributed by atoms with Gasteiger partial charge < -0.3 is 70.3 Å². The van der Waals surface area contributed by atoms with Gasteiger partial charge in [-0.1, -0.05) is 6.07 Å². The number of likely N-dealkylation sites (N-methyl/N-ethyl adjacent to an activating group) is 3. The van der Waals surface area contributed by atoms with Crippen LogP contribution in [0.3, 0.4) is 0 Å². The highest BCUT2D eigenvalue weighted by Gasteiger charge is 2.43. The van der Waals surface area contributed by atoms with E-state index >= 15 is 0 Å². The van der Waals surface area contributed by atoms with Gasteiger partial charge in [-0.25, -0.2) is 0 Å². The average Bonchev–Trinajstić information content (AvgIpc) is 3.42. The summed E-state index contributed by atoms with van der Waals surface area (Å²) in [5, 5.41) is 0. The molecule has 75 heavy (non-hydrogen) atoms. The second-order valence-electron chi connectivity index (χ2n) is 20.6. The summed E-state index contributed by atoms with van der Waals surface area (Å²) in [5.41, 5.74) is 6.59. The molecular formula is C58H84N3O14+3. The smallest absolute Gasteiger partial charge is 0.311 e. The van der Waals surface area contributed by atoms with Gasteiger partial charge in [0.25, 0.3) is 0 Å². The molecule has 5 unspecified atom stereocenters. The van der Waals surface area contributed by atoms with E-state index in [1.807, 2.05) is 24.3 Å². The number of carbonyl (C=O) groups excluding carboxylic acids is 2. The zero-order valence-electron chi connectivity index (χ0n) is 47.3. The molecule has 0 bridgehead atoms. The maximum atomic E-state index is 13.7. The van der Waals surface area contributed by atoms with Crippen molar-refractivity contribution in [2.24, 2.45) is 0 Å². The van der Waals surface area contributed by atoms with Crippen LogP contribution >= 0.6 is 0 Å². The lowest BCUT2D eigenvalue weighted by atomic mass is 9.85. The molecule has 5 atom stereocenters. The van der Waals surface area contributed by atoms with E-state index in [1.165, 1.54) is 11.1 Å². The normalized spacial score (nSPS) is 19.6. The van der Waals surface area contributed by atoms with Gasteiger partial charge in [-0.2, -0.15) is 0 Å². The van der Waals surface area contributed by atoms with Gasteiger partial charge >= 0.3 is 11.9 Å². The molecule has 0 N–H and O–H groups in total. The Bertz CT molecular complexity index is 2580. The maximum Gasteiger partial charge on any atom is 0.311 e. The Hall–Kier alpha value is -6.30. The summed E-state index contributed by atoms with van der Waals surface area (Å²) in [6.07, 6.45) is 3.30. The third kappa shape index (κ3) is 12.9. The van der Waals surface area contributed by atoms with Crippen molar-refractivity contribution in [3.63, 3.8) is 0 Å². The SMILES string of the molecule is COc1cc2c(cc1OC)C(Cc1cc(OC)c(OC)c(OC)c1)[N+](C)(CCC(=O)OCC[N+](C)(CCOC(=O)CC[N+]1(C)CCc3cc(OC)c(OC)cc3C1Cc1ccc(OC)c(OC)c1OC)C(C)C)CC2. The Labute approximate surface area is 445 Å². The summed E-state index contributed by atoms with van der Waals surface area (Å²) in [7, 11) is 22.8. The Kier molecular flexibility index (Phi) is 19.7. The maximum absolute atomic E-state index is 13.7. The molecule has 412 valence electrons. The molecule has 2 heterocycles. The Morgan fingerprint density at radius 3 is 1.33 bits per heavy atom. The van der Waals surface area contributed by atoms with E-state index in [1.54, 1.807) is 71.1 Å². The fraction of sp³-hybridized carbons (Fsp3) is 0.552. The summed E-state index contributed by atoms with van der Waals surface area (Å²) in [4.78, 5) is 27.3. The highest BCUT2D eigenvalue weighted by molar-refractivity contribution is 5.70. The van der Waals surface area contributed by atoms with E-state index in [-0.39, 0.29) is 56.1 Å². The first-order chi connectivity index (χ1) is 35.9. The van der Waals surface area contributed by atoms with E-state index in [2.05, 4.69) is 59.3 Å². The number of carbonyl (C=O) groups is 2. The number of nitrogens with zero attached hydrogens (tertiary/aromatic N) is 3. The summed E-state index contributed by atoms with van der Waals surface area (Å²) < 4.78 is 71.1. The van der Waals surface area contributed by atoms with Crippen LogP contribution in [0.15, 0.2) is 48.5 Å². The van der Waals surface area contributed by atoms with E-state index in [9.17, 15) is 9.59 Å². The third-order valence-corrected chi connectivity index (χ3v) is 16.3. The first-order valence-electron chi connectivity index (χ1n) is 25.8. The number of ether oxygens (including phenoxy) is 12. The van der Waals surface area contributed by atoms with Gasteiger partial charge in [0.05, 0.1) is 137 Å². The fourth-order valence-electron chi connectivity index (χ4n) is 11.1. The van der Waals surface area contributed by atoms with Crippen LogP contribution < -0.4 is 47.4 Å². The number of hydrogen-bond acceptors (Lipinski definition) is 14. The van der Waals surface area contributed by atoms with Gasteiger partial charge in [-0.15, -0.1) is 0 Å². The van der Waals surface area contributed by atoms with Gasteiger partial charge in [0.15, 0.2) is 46.0 Å². The molecule has 0 saturated heterocycles. The molecule has 0 amide bonds. The first kappa shape index (κ1) is 58.0. The van der Waals surface area contributed by atoms with Gasteiger partial charge in [0, 0.05) is 42.4 Å². The quantitative estimate of drug-likeness (QED) is 0.0424. The summed E-state index contributed by atoms with van der Waals surface area (Å²) in [5.74, 6) is 5.58. The highest BCUT2D eigenvalue weighted by atomic mass is 16.6. The predicted molar refractivity (Wildman–Crippen MR) is 286 cm³/mol. The molecule has 0 fully saturated rings. The largest absolute Gasteiger partial charge is 0.493 e. The van der Waals surface area contributed by atoms with E-state index < -0.39 is 0 Å². The number of benzene rings is 4. The lowest BCUT2D eigenvalue weighted by molar-refractivity contribution is -0.941. The minimum absolute atomic E-state index is 0.0443. The van der Waals surface area contributed by atoms with Crippen LogP contribution in [0.2, 0.25) is 0 Å².